The first kappa shape index (κ1) is 19.3. The van der Waals surface area contributed by atoms with Gasteiger partial charge in [0.05, 0.1) is 10.6 Å². The van der Waals surface area contributed by atoms with Crippen LogP contribution in [0.5, 0.6) is 0 Å². The van der Waals surface area contributed by atoms with Crippen LogP contribution in [0.15, 0.2) is 60.7 Å². The average Bonchev–Trinajstić information content (AvgIpc) is 2.67. The Kier molecular flexibility index (Phi) is 5.76. The molecule has 3 aromatic rings. The first-order valence-electron chi connectivity index (χ1n) is 7.80. The zero-order chi connectivity index (χ0) is 19.6. The molecule has 0 aromatic heterocycles. The topological polar surface area (TPSA) is 51.2 Å². The monoisotopic (exact) mass is 416 g/mol. The van der Waals surface area contributed by atoms with Crippen LogP contribution in [0.1, 0.15) is 42.2 Å². The summed E-state index contributed by atoms with van der Waals surface area (Å²) < 4.78 is 0. The van der Waals surface area contributed by atoms with Gasteiger partial charge in [0.15, 0.2) is 17.9 Å². The van der Waals surface area contributed by atoms with Gasteiger partial charge in [-0.2, -0.15) is 0 Å². The predicted octanol–water partition coefficient (Wildman–Crippen LogP) is 5.92. The minimum atomic E-state index is -0.497. The molecular weight excluding hydrogens is 407 g/mol. The fourth-order valence-electron chi connectivity index (χ4n) is 2.63. The van der Waals surface area contributed by atoms with Crippen molar-refractivity contribution in [2.75, 3.05) is 0 Å². The zero-order valence-electron chi connectivity index (χ0n) is 13.7. The van der Waals surface area contributed by atoms with Crippen molar-refractivity contribution < 1.29 is 14.4 Å². The minimum Gasteiger partial charge on any atom is -0.298 e. The van der Waals surface area contributed by atoms with Crippen molar-refractivity contribution >= 4 is 52.7 Å². The molecule has 0 amide bonds. The molecule has 0 fully saturated rings. The lowest BCUT2D eigenvalue weighted by Gasteiger charge is -2.12. The molecule has 3 rings (SSSR count). The van der Waals surface area contributed by atoms with Crippen LogP contribution < -0.4 is 0 Å². The van der Waals surface area contributed by atoms with Gasteiger partial charge in [0.25, 0.3) is 0 Å². The Morgan fingerprint density at radius 1 is 0.741 bits per heavy atom. The summed E-state index contributed by atoms with van der Waals surface area (Å²) in [4.78, 5) is 37.3. The molecule has 0 atom stereocenters. The quantitative estimate of drug-likeness (QED) is 0.382. The summed E-state index contributed by atoms with van der Waals surface area (Å²) in [5, 5.41) is 0.778. The van der Waals surface area contributed by atoms with Gasteiger partial charge in [-0.25, -0.2) is 0 Å². The third-order valence-corrected chi connectivity index (χ3v) is 4.86. The third-order valence-electron chi connectivity index (χ3n) is 3.96. The predicted molar refractivity (Wildman–Crippen MR) is 107 cm³/mol. The van der Waals surface area contributed by atoms with Crippen molar-refractivity contribution in [1.29, 1.82) is 0 Å². The van der Waals surface area contributed by atoms with Crippen LogP contribution in [0.25, 0.3) is 0 Å². The first-order valence-corrected chi connectivity index (χ1v) is 8.94. The minimum absolute atomic E-state index is 0.0384. The van der Waals surface area contributed by atoms with Crippen LogP contribution >= 0.6 is 34.8 Å². The number of halogens is 3. The summed E-state index contributed by atoms with van der Waals surface area (Å²) in [6.45, 7) is 0. The summed E-state index contributed by atoms with van der Waals surface area (Å²) in [6, 6.07) is 15.4. The highest BCUT2D eigenvalue weighted by Gasteiger charge is 2.24. The Labute approximate surface area is 170 Å². The fraction of sp³-hybridized carbons (Fsp3) is 0. The molecule has 6 heteroatoms. The standard InChI is InChI=1S/C21H11Cl3O3/c22-15-7-4-12(5-8-15)20(26)17-9-6-14(11-25)19(24)18(17)21(27)13-2-1-3-16(23)10-13/h1-11H. The van der Waals surface area contributed by atoms with Crippen LogP contribution in [0.2, 0.25) is 15.1 Å². The van der Waals surface area contributed by atoms with Gasteiger partial charge in [-0.3, -0.25) is 14.4 Å². The summed E-state index contributed by atoms with van der Waals surface area (Å²) in [5.74, 6) is -0.903. The number of benzene rings is 3. The molecule has 0 unspecified atom stereocenters. The van der Waals surface area contributed by atoms with Gasteiger partial charge in [-0.15, -0.1) is 0 Å². The Morgan fingerprint density at radius 2 is 1.44 bits per heavy atom. The van der Waals surface area contributed by atoms with E-state index in [4.69, 9.17) is 34.8 Å². The van der Waals surface area contributed by atoms with E-state index in [1.807, 2.05) is 0 Å². The lowest BCUT2D eigenvalue weighted by molar-refractivity contribution is 0.100. The number of aldehydes is 1. The summed E-state index contributed by atoms with van der Waals surface area (Å²) in [5.41, 5.74) is 0.781. The van der Waals surface area contributed by atoms with Crippen LogP contribution in [0.4, 0.5) is 0 Å². The maximum atomic E-state index is 13.1. The van der Waals surface area contributed by atoms with Crippen molar-refractivity contribution in [1.82, 2.24) is 0 Å². The smallest absolute Gasteiger partial charge is 0.195 e. The number of ketones is 2. The molecule has 0 aliphatic heterocycles. The molecule has 3 aromatic carbocycles. The maximum absolute atomic E-state index is 13.1. The highest BCUT2D eigenvalue weighted by Crippen LogP contribution is 2.29. The lowest BCUT2D eigenvalue weighted by atomic mass is 9.91. The molecule has 3 nitrogen and oxygen atoms in total. The molecule has 27 heavy (non-hydrogen) atoms. The maximum Gasteiger partial charge on any atom is 0.195 e. The van der Waals surface area contributed by atoms with E-state index in [2.05, 4.69) is 0 Å². The van der Waals surface area contributed by atoms with Crippen molar-refractivity contribution in [3.63, 3.8) is 0 Å². The van der Waals surface area contributed by atoms with Gasteiger partial charge >= 0.3 is 0 Å². The summed E-state index contributed by atoms with van der Waals surface area (Å²) in [7, 11) is 0. The van der Waals surface area contributed by atoms with Gasteiger partial charge in [-0.1, -0.05) is 46.9 Å². The highest BCUT2D eigenvalue weighted by atomic mass is 35.5. The Bertz CT molecular complexity index is 1060. The number of carbonyl (C=O) groups excluding carboxylic acids is 3. The van der Waals surface area contributed by atoms with Crippen molar-refractivity contribution in [3.05, 3.63) is 104 Å². The average molecular weight is 418 g/mol. The van der Waals surface area contributed by atoms with Crippen molar-refractivity contribution in [2.24, 2.45) is 0 Å². The van der Waals surface area contributed by atoms with Crippen LogP contribution in [0, 0.1) is 0 Å². The van der Waals surface area contributed by atoms with E-state index in [0.29, 0.717) is 21.9 Å². The number of rotatable bonds is 5. The zero-order valence-corrected chi connectivity index (χ0v) is 16.0. The Morgan fingerprint density at radius 3 is 2.07 bits per heavy atom. The van der Waals surface area contributed by atoms with E-state index < -0.39 is 11.6 Å². The molecule has 0 spiro atoms. The SMILES string of the molecule is O=Cc1ccc(C(=O)c2ccc(Cl)cc2)c(C(=O)c2cccc(Cl)c2)c1Cl. The van der Waals surface area contributed by atoms with E-state index in [1.165, 1.54) is 18.2 Å². The number of hydrogen-bond acceptors (Lipinski definition) is 3. The Hall–Kier alpha value is -2.46. The lowest BCUT2D eigenvalue weighted by Crippen LogP contribution is -2.13. The molecule has 0 aliphatic rings. The molecule has 0 aliphatic carbocycles. The second-order valence-electron chi connectivity index (χ2n) is 5.68. The molecule has 134 valence electrons. The molecular formula is C21H11Cl3O3. The Balaban J connectivity index is 2.19. The highest BCUT2D eigenvalue weighted by molar-refractivity contribution is 6.39. The molecule has 0 N–H and O–H groups in total. The molecule has 0 bridgehead atoms. The van der Waals surface area contributed by atoms with Crippen molar-refractivity contribution in [2.45, 2.75) is 0 Å². The van der Waals surface area contributed by atoms with Gasteiger partial charge in [0.1, 0.15) is 0 Å². The number of hydrogen-bond donors (Lipinski definition) is 0. The van der Waals surface area contributed by atoms with E-state index in [0.717, 1.165) is 0 Å². The molecule has 0 heterocycles. The van der Waals surface area contributed by atoms with E-state index in [-0.39, 0.29) is 27.3 Å². The van der Waals surface area contributed by atoms with Crippen molar-refractivity contribution in [3.8, 4) is 0 Å². The van der Waals surface area contributed by atoms with Crippen LogP contribution in [0.3, 0.4) is 0 Å². The third kappa shape index (κ3) is 3.96. The number of carbonyl (C=O) groups is 3. The van der Waals surface area contributed by atoms with Gasteiger partial charge in [0.2, 0.25) is 0 Å². The molecule has 0 saturated carbocycles. The first-order chi connectivity index (χ1) is 12.9. The molecule has 0 radical (unpaired) electrons. The normalized spacial score (nSPS) is 10.5. The van der Waals surface area contributed by atoms with Gasteiger partial charge < -0.3 is 0 Å². The van der Waals surface area contributed by atoms with Crippen LogP contribution in [-0.2, 0) is 0 Å². The van der Waals surface area contributed by atoms with Crippen LogP contribution in [-0.4, -0.2) is 17.9 Å². The second-order valence-corrected chi connectivity index (χ2v) is 6.94. The van der Waals surface area contributed by atoms with Gasteiger partial charge in [-0.05, 0) is 48.5 Å². The second kappa shape index (κ2) is 8.05. The fourth-order valence-corrected chi connectivity index (χ4v) is 3.24. The summed E-state index contributed by atoms with van der Waals surface area (Å²) >= 11 is 18.1. The van der Waals surface area contributed by atoms with E-state index >= 15 is 0 Å². The van der Waals surface area contributed by atoms with E-state index in [9.17, 15) is 14.4 Å². The van der Waals surface area contributed by atoms with Gasteiger partial charge in [0, 0.05) is 32.3 Å². The summed E-state index contributed by atoms with van der Waals surface area (Å²) in [6.07, 6.45) is 0.535. The van der Waals surface area contributed by atoms with E-state index in [1.54, 1.807) is 42.5 Å². The largest absolute Gasteiger partial charge is 0.298 e. The molecule has 0 saturated heterocycles.